The van der Waals surface area contributed by atoms with E-state index in [0.717, 1.165) is 28.4 Å². The molecule has 1 aliphatic heterocycles. The monoisotopic (exact) mass is 260 g/mol. The summed E-state index contributed by atoms with van der Waals surface area (Å²) >= 11 is 1.76. The molecule has 0 spiro atoms. The van der Waals surface area contributed by atoms with Gasteiger partial charge in [-0.3, -0.25) is 0 Å². The van der Waals surface area contributed by atoms with Crippen LogP contribution >= 0.6 is 11.8 Å². The van der Waals surface area contributed by atoms with Crippen LogP contribution in [0.15, 0.2) is 23.1 Å². The molecule has 2 nitrogen and oxygen atoms in total. The number of rotatable bonds is 3. The molecular weight excluding hydrogens is 240 g/mol. The summed E-state index contributed by atoms with van der Waals surface area (Å²) < 4.78 is 0. The van der Waals surface area contributed by atoms with Crippen molar-refractivity contribution < 1.29 is 0 Å². The van der Waals surface area contributed by atoms with E-state index in [4.69, 9.17) is 0 Å². The lowest BCUT2D eigenvalue weighted by atomic mass is 10.0. The molecule has 0 saturated carbocycles. The van der Waals surface area contributed by atoms with Gasteiger partial charge < -0.3 is 4.90 Å². The minimum Gasteiger partial charge on any atom is -0.368 e. The Balaban J connectivity index is 2.37. The van der Waals surface area contributed by atoms with Gasteiger partial charge in [-0.05, 0) is 44.1 Å². The van der Waals surface area contributed by atoms with Gasteiger partial charge in [0.2, 0.25) is 0 Å². The highest BCUT2D eigenvalue weighted by Crippen LogP contribution is 2.33. The Bertz CT molecular complexity index is 450. The summed E-state index contributed by atoms with van der Waals surface area (Å²) in [4.78, 5) is 3.53. The first kappa shape index (κ1) is 13.3. The summed E-state index contributed by atoms with van der Waals surface area (Å²) in [6.07, 6.45) is 3.78. The van der Waals surface area contributed by atoms with Gasteiger partial charge in [0.05, 0.1) is 11.3 Å². The number of nitriles is 1. The van der Waals surface area contributed by atoms with Crippen LogP contribution in [0.4, 0.5) is 5.69 Å². The number of thioether (sulfide) groups is 1. The Kier molecular flexibility index (Phi) is 4.54. The molecule has 18 heavy (non-hydrogen) atoms. The number of hydrogen-bond donors (Lipinski definition) is 0. The van der Waals surface area contributed by atoms with Gasteiger partial charge in [-0.2, -0.15) is 5.26 Å². The molecule has 1 unspecified atom stereocenters. The molecule has 1 atom stereocenters. The van der Waals surface area contributed by atoms with Crippen LogP contribution in [0.25, 0.3) is 0 Å². The molecular formula is C15H20N2S. The highest BCUT2D eigenvalue weighted by atomic mass is 32.2. The Labute approximate surface area is 114 Å². The molecule has 1 fully saturated rings. The quantitative estimate of drug-likeness (QED) is 0.767. The average molecular weight is 260 g/mol. The summed E-state index contributed by atoms with van der Waals surface area (Å²) in [5, 5.41) is 9.45. The van der Waals surface area contributed by atoms with Gasteiger partial charge in [-0.25, -0.2) is 0 Å². The molecule has 96 valence electrons. The summed E-state index contributed by atoms with van der Waals surface area (Å²) in [7, 11) is 0. The van der Waals surface area contributed by atoms with Crippen molar-refractivity contribution in [3.05, 3.63) is 23.8 Å². The van der Waals surface area contributed by atoms with E-state index < -0.39 is 0 Å². The van der Waals surface area contributed by atoms with E-state index in [1.165, 1.54) is 19.3 Å². The first-order valence-corrected chi connectivity index (χ1v) is 7.69. The van der Waals surface area contributed by atoms with Gasteiger partial charge in [0.1, 0.15) is 6.07 Å². The van der Waals surface area contributed by atoms with Gasteiger partial charge in [-0.1, -0.05) is 13.0 Å². The van der Waals surface area contributed by atoms with Crippen molar-refractivity contribution in [2.45, 2.75) is 44.0 Å². The molecule has 1 aromatic carbocycles. The normalized spacial score (nSPS) is 19.6. The second-order valence-electron chi connectivity index (χ2n) is 4.73. The summed E-state index contributed by atoms with van der Waals surface area (Å²) in [6, 6.07) is 9.19. The smallest absolute Gasteiger partial charge is 0.103 e. The highest BCUT2D eigenvalue weighted by molar-refractivity contribution is 7.99. The van der Waals surface area contributed by atoms with Crippen molar-refractivity contribution >= 4 is 17.4 Å². The van der Waals surface area contributed by atoms with Crippen LogP contribution in [-0.2, 0) is 0 Å². The third-order valence-electron chi connectivity index (χ3n) is 3.53. The Morgan fingerprint density at radius 2 is 2.28 bits per heavy atom. The third kappa shape index (κ3) is 2.64. The highest BCUT2D eigenvalue weighted by Gasteiger charge is 2.22. The van der Waals surface area contributed by atoms with Crippen molar-refractivity contribution in [2.24, 2.45) is 0 Å². The fraction of sp³-hybridized carbons (Fsp3) is 0.533. The van der Waals surface area contributed by atoms with Crippen LogP contribution in [0.3, 0.4) is 0 Å². The van der Waals surface area contributed by atoms with E-state index in [1.54, 1.807) is 11.8 Å². The van der Waals surface area contributed by atoms with E-state index in [9.17, 15) is 5.26 Å². The fourth-order valence-electron chi connectivity index (χ4n) is 2.60. The number of piperidine rings is 1. The number of benzene rings is 1. The minimum absolute atomic E-state index is 0.549. The summed E-state index contributed by atoms with van der Waals surface area (Å²) in [5.74, 6) is 1.01. The summed E-state index contributed by atoms with van der Waals surface area (Å²) in [5.41, 5.74) is 1.99. The van der Waals surface area contributed by atoms with Gasteiger partial charge in [0.25, 0.3) is 0 Å². The van der Waals surface area contributed by atoms with Crippen molar-refractivity contribution in [2.75, 3.05) is 17.2 Å². The molecule has 2 rings (SSSR count). The molecule has 1 heterocycles. The predicted octanol–water partition coefficient (Wildman–Crippen LogP) is 4.05. The maximum Gasteiger partial charge on any atom is 0.103 e. The standard InChI is InChI=1S/C15H20N2S/c1-3-18-15-9-6-8-14(13(15)11-16)17-10-5-4-7-12(17)2/h6,8-9,12H,3-5,7,10H2,1-2H3. The maximum absolute atomic E-state index is 9.45. The van der Waals surface area contributed by atoms with Crippen molar-refractivity contribution in [1.29, 1.82) is 5.26 Å². The number of anilines is 1. The SMILES string of the molecule is CCSc1cccc(N2CCCCC2C)c1C#N. The topological polar surface area (TPSA) is 27.0 Å². The van der Waals surface area contributed by atoms with E-state index in [2.05, 4.69) is 43.0 Å². The van der Waals surface area contributed by atoms with Gasteiger partial charge in [0.15, 0.2) is 0 Å². The van der Waals surface area contributed by atoms with Crippen molar-refractivity contribution in [1.82, 2.24) is 0 Å². The predicted molar refractivity (Wildman–Crippen MR) is 78.2 cm³/mol. The lowest BCUT2D eigenvalue weighted by Gasteiger charge is -2.36. The Morgan fingerprint density at radius 1 is 1.44 bits per heavy atom. The molecule has 0 bridgehead atoms. The van der Waals surface area contributed by atoms with Crippen LogP contribution in [0.5, 0.6) is 0 Å². The Hall–Kier alpha value is -1.14. The summed E-state index contributed by atoms with van der Waals surface area (Å²) in [6.45, 7) is 5.47. The zero-order chi connectivity index (χ0) is 13.0. The van der Waals surface area contributed by atoms with Gasteiger partial charge in [-0.15, -0.1) is 11.8 Å². The second kappa shape index (κ2) is 6.15. The van der Waals surface area contributed by atoms with E-state index >= 15 is 0 Å². The zero-order valence-corrected chi connectivity index (χ0v) is 12.0. The van der Waals surface area contributed by atoms with Crippen molar-refractivity contribution in [3.8, 4) is 6.07 Å². The molecule has 1 saturated heterocycles. The second-order valence-corrected chi connectivity index (χ2v) is 6.04. The number of nitrogens with zero attached hydrogens (tertiary/aromatic N) is 2. The molecule has 0 N–H and O–H groups in total. The molecule has 0 aliphatic carbocycles. The number of hydrogen-bond acceptors (Lipinski definition) is 3. The fourth-order valence-corrected chi connectivity index (χ4v) is 3.38. The van der Waals surface area contributed by atoms with Crippen molar-refractivity contribution in [3.63, 3.8) is 0 Å². The molecule has 0 amide bonds. The molecule has 3 heteroatoms. The van der Waals surface area contributed by atoms with Crippen LogP contribution in [0, 0.1) is 11.3 Å². The molecule has 0 aromatic heterocycles. The minimum atomic E-state index is 0.549. The molecule has 1 aromatic rings. The van der Waals surface area contributed by atoms with E-state index in [-0.39, 0.29) is 0 Å². The van der Waals surface area contributed by atoms with Crippen LogP contribution in [0.2, 0.25) is 0 Å². The van der Waals surface area contributed by atoms with Crippen LogP contribution < -0.4 is 4.90 Å². The van der Waals surface area contributed by atoms with E-state index in [0.29, 0.717) is 6.04 Å². The van der Waals surface area contributed by atoms with Gasteiger partial charge >= 0.3 is 0 Å². The third-order valence-corrected chi connectivity index (χ3v) is 4.47. The lowest BCUT2D eigenvalue weighted by molar-refractivity contribution is 0.484. The van der Waals surface area contributed by atoms with Gasteiger partial charge in [0, 0.05) is 17.5 Å². The largest absolute Gasteiger partial charge is 0.368 e. The average Bonchev–Trinajstić information content (AvgIpc) is 2.39. The lowest BCUT2D eigenvalue weighted by Crippen LogP contribution is -2.37. The molecule has 1 aliphatic rings. The van der Waals surface area contributed by atoms with Crippen LogP contribution in [0.1, 0.15) is 38.7 Å². The Morgan fingerprint density at radius 3 is 2.94 bits per heavy atom. The zero-order valence-electron chi connectivity index (χ0n) is 11.1. The van der Waals surface area contributed by atoms with Crippen LogP contribution in [-0.4, -0.2) is 18.3 Å². The maximum atomic E-state index is 9.45. The molecule has 0 radical (unpaired) electrons. The van der Waals surface area contributed by atoms with E-state index in [1.807, 2.05) is 0 Å². The first-order chi connectivity index (χ1) is 8.77. The first-order valence-electron chi connectivity index (χ1n) is 6.70.